The van der Waals surface area contributed by atoms with Crippen LogP contribution >= 0.6 is 0 Å². The molecular weight excluding hydrogens is 496 g/mol. The number of benzene rings is 2. The molecule has 2 N–H and O–H groups in total. The first-order valence-electron chi connectivity index (χ1n) is 11.5. The van der Waals surface area contributed by atoms with Crippen LogP contribution in [0, 0.1) is 12.7 Å². The van der Waals surface area contributed by atoms with Gasteiger partial charge in [-0.2, -0.15) is 13.2 Å². The van der Waals surface area contributed by atoms with Gasteiger partial charge in [0, 0.05) is 48.2 Å². The molecule has 0 radical (unpaired) electrons. The highest BCUT2D eigenvalue weighted by molar-refractivity contribution is 6.05. The Kier molecular flexibility index (Phi) is 7.77. The van der Waals surface area contributed by atoms with E-state index in [-0.39, 0.29) is 17.0 Å². The summed E-state index contributed by atoms with van der Waals surface area (Å²) in [6, 6.07) is 10.4. The summed E-state index contributed by atoms with van der Waals surface area (Å²) >= 11 is 0. The van der Waals surface area contributed by atoms with Crippen LogP contribution in [-0.4, -0.2) is 56.0 Å². The molecule has 3 aromatic rings. The van der Waals surface area contributed by atoms with E-state index in [2.05, 4.69) is 15.8 Å². The van der Waals surface area contributed by atoms with Gasteiger partial charge in [0.05, 0.1) is 19.6 Å². The standard InChI is InChI=1S/C25H24F4N4O4/c1-15-2-3-18(13-20(15)21-14-22(37-32-21)24(35)30-5-4-25(27,28)29)31-23(34)16-10-17(26)12-19(11-16)33-6-8-36-9-7-33/h2-3,10-14H,4-9H2,1H3,(H,30,35)(H,31,34). The van der Waals surface area contributed by atoms with E-state index in [1.807, 2.05) is 4.90 Å². The second kappa shape index (κ2) is 11.0. The minimum atomic E-state index is -4.39. The minimum Gasteiger partial charge on any atom is -0.378 e. The maximum absolute atomic E-state index is 14.3. The minimum absolute atomic E-state index is 0.142. The van der Waals surface area contributed by atoms with Crippen LogP contribution in [0.25, 0.3) is 11.3 Å². The Morgan fingerprint density at radius 1 is 1.05 bits per heavy atom. The first kappa shape index (κ1) is 26.1. The van der Waals surface area contributed by atoms with E-state index in [4.69, 9.17) is 9.26 Å². The highest BCUT2D eigenvalue weighted by atomic mass is 19.4. The molecule has 0 aliphatic carbocycles. The predicted octanol–water partition coefficient (Wildman–Crippen LogP) is 4.56. The van der Waals surface area contributed by atoms with Gasteiger partial charge in [-0.25, -0.2) is 4.39 Å². The summed E-state index contributed by atoms with van der Waals surface area (Å²) in [5.74, 6) is -2.13. The van der Waals surface area contributed by atoms with Gasteiger partial charge < -0.3 is 24.8 Å². The summed E-state index contributed by atoms with van der Waals surface area (Å²) in [4.78, 5) is 26.9. The van der Waals surface area contributed by atoms with Crippen molar-refractivity contribution in [2.24, 2.45) is 0 Å². The van der Waals surface area contributed by atoms with Crippen molar-refractivity contribution in [1.82, 2.24) is 10.5 Å². The molecule has 0 unspecified atom stereocenters. The summed E-state index contributed by atoms with van der Waals surface area (Å²) in [5.41, 5.74) is 2.65. The number of ether oxygens (including phenoxy) is 1. The second-order valence-corrected chi connectivity index (χ2v) is 8.48. The van der Waals surface area contributed by atoms with E-state index < -0.39 is 36.8 Å². The average Bonchev–Trinajstić information content (AvgIpc) is 3.35. The molecule has 8 nitrogen and oxygen atoms in total. The fraction of sp³-hybridized carbons (Fsp3) is 0.320. The first-order valence-corrected chi connectivity index (χ1v) is 11.5. The van der Waals surface area contributed by atoms with Gasteiger partial charge in [0.15, 0.2) is 0 Å². The molecule has 1 aromatic heterocycles. The van der Waals surface area contributed by atoms with Crippen molar-refractivity contribution < 1.29 is 36.4 Å². The van der Waals surface area contributed by atoms with Crippen molar-refractivity contribution in [1.29, 1.82) is 0 Å². The molecule has 0 bridgehead atoms. The number of hydrogen-bond acceptors (Lipinski definition) is 6. The van der Waals surface area contributed by atoms with Gasteiger partial charge in [0.1, 0.15) is 11.5 Å². The summed E-state index contributed by atoms with van der Waals surface area (Å²) in [6.07, 6.45) is -5.56. The van der Waals surface area contributed by atoms with Crippen LogP contribution in [0.4, 0.5) is 28.9 Å². The van der Waals surface area contributed by atoms with Crippen LogP contribution in [0.2, 0.25) is 0 Å². The second-order valence-electron chi connectivity index (χ2n) is 8.48. The number of carbonyl (C=O) groups excluding carboxylic acids is 2. The Labute approximate surface area is 209 Å². The molecule has 2 heterocycles. The molecule has 1 aliphatic rings. The number of halogens is 4. The van der Waals surface area contributed by atoms with Crippen LogP contribution in [-0.2, 0) is 4.74 Å². The zero-order valence-electron chi connectivity index (χ0n) is 19.8. The first-order chi connectivity index (χ1) is 17.6. The zero-order chi connectivity index (χ0) is 26.6. The highest BCUT2D eigenvalue weighted by Gasteiger charge is 2.27. The highest BCUT2D eigenvalue weighted by Crippen LogP contribution is 2.27. The largest absolute Gasteiger partial charge is 0.390 e. The molecular formula is C25H24F4N4O4. The average molecular weight is 520 g/mol. The fourth-order valence-corrected chi connectivity index (χ4v) is 3.80. The van der Waals surface area contributed by atoms with Crippen LogP contribution < -0.4 is 15.5 Å². The van der Waals surface area contributed by atoms with Gasteiger partial charge in [0.25, 0.3) is 11.8 Å². The summed E-state index contributed by atoms with van der Waals surface area (Å²) in [5, 5.41) is 8.71. The summed E-state index contributed by atoms with van der Waals surface area (Å²) < 4.78 is 61.5. The van der Waals surface area contributed by atoms with Gasteiger partial charge >= 0.3 is 6.18 Å². The number of hydrogen-bond donors (Lipinski definition) is 2. The molecule has 2 amide bonds. The molecule has 37 heavy (non-hydrogen) atoms. The van der Waals surface area contributed by atoms with Crippen molar-refractivity contribution in [3.63, 3.8) is 0 Å². The number of alkyl halides is 3. The zero-order valence-corrected chi connectivity index (χ0v) is 19.8. The van der Waals surface area contributed by atoms with Crippen molar-refractivity contribution in [2.45, 2.75) is 19.5 Å². The van der Waals surface area contributed by atoms with Gasteiger partial charge in [-0.15, -0.1) is 0 Å². The molecule has 1 aliphatic heterocycles. The van der Waals surface area contributed by atoms with Crippen molar-refractivity contribution in [2.75, 3.05) is 43.1 Å². The van der Waals surface area contributed by atoms with E-state index in [1.165, 1.54) is 12.1 Å². The molecule has 4 rings (SSSR count). The van der Waals surface area contributed by atoms with E-state index in [0.717, 1.165) is 11.6 Å². The van der Waals surface area contributed by atoms with Crippen LogP contribution in [0.3, 0.4) is 0 Å². The SMILES string of the molecule is Cc1ccc(NC(=O)c2cc(F)cc(N3CCOCC3)c2)cc1-c1cc(C(=O)NCCC(F)(F)F)on1. The molecule has 12 heteroatoms. The number of morpholine rings is 1. The Balaban J connectivity index is 1.47. The van der Waals surface area contributed by atoms with Crippen molar-refractivity contribution >= 4 is 23.2 Å². The number of nitrogens with one attached hydrogen (secondary N) is 2. The van der Waals surface area contributed by atoms with Gasteiger partial charge in [-0.1, -0.05) is 11.2 Å². The van der Waals surface area contributed by atoms with Crippen LogP contribution in [0.1, 0.15) is 32.9 Å². The van der Waals surface area contributed by atoms with Crippen molar-refractivity contribution in [3.05, 3.63) is 65.2 Å². The lowest BCUT2D eigenvalue weighted by Crippen LogP contribution is -2.36. The maximum atomic E-state index is 14.3. The monoisotopic (exact) mass is 520 g/mol. The van der Waals surface area contributed by atoms with Gasteiger partial charge in [-0.3, -0.25) is 9.59 Å². The number of nitrogens with zero attached hydrogens (tertiary/aromatic N) is 2. The van der Waals surface area contributed by atoms with Crippen molar-refractivity contribution in [3.8, 4) is 11.3 Å². The molecule has 196 valence electrons. The van der Waals surface area contributed by atoms with E-state index in [1.54, 1.807) is 31.2 Å². The third-order valence-electron chi connectivity index (χ3n) is 5.72. The lowest BCUT2D eigenvalue weighted by Gasteiger charge is -2.29. The van der Waals surface area contributed by atoms with Crippen LogP contribution in [0.5, 0.6) is 0 Å². The topological polar surface area (TPSA) is 96.7 Å². The van der Waals surface area contributed by atoms with E-state index in [9.17, 15) is 27.2 Å². The molecule has 1 saturated heterocycles. The Hall–Kier alpha value is -3.93. The summed E-state index contributed by atoms with van der Waals surface area (Å²) in [6.45, 7) is 3.40. The number of carbonyl (C=O) groups is 2. The predicted molar refractivity (Wildman–Crippen MR) is 127 cm³/mol. The summed E-state index contributed by atoms with van der Waals surface area (Å²) in [7, 11) is 0. The molecule has 0 spiro atoms. The lowest BCUT2D eigenvalue weighted by atomic mass is 10.0. The number of rotatable bonds is 7. The maximum Gasteiger partial charge on any atom is 0.390 e. The number of aromatic nitrogens is 1. The molecule has 2 aromatic carbocycles. The van der Waals surface area contributed by atoms with Crippen LogP contribution in [0.15, 0.2) is 47.0 Å². The van der Waals surface area contributed by atoms with E-state index in [0.29, 0.717) is 43.2 Å². The fourth-order valence-electron chi connectivity index (χ4n) is 3.80. The molecule has 0 saturated carbocycles. The molecule has 0 atom stereocenters. The smallest absolute Gasteiger partial charge is 0.378 e. The Morgan fingerprint density at radius 3 is 2.54 bits per heavy atom. The lowest BCUT2D eigenvalue weighted by molar-refractivity contribution is -0.133. The van der Waals surface area contributed by atoms with Gasteiger partial charge in [-0.05, 0) is 42.8 Å². The normalized spacial score (nSPS) is 13.9. The quantitative estimate of drug-likeness (QED) is 0.444. The number of anilines is 2. The number of amides is 2. The van der Waals surface area contributed by atoms with Gasteiger partial charge in [0.2, 0.25) is 5.76 Å². The number of aryl methyl sites for hydroxylation is 1. The third kappa shape index (κ3) is 6.85. The Morgan fingerprint density at radius 2 is 1.81 bits per heavy atom. The third-order valence-corrected chi connectivity index (χ3v) is 5.72. The molecule has 1 fully saturated rings. The van der Waals surface area contributed by atoms with E-state index >= 15 is 0 Å². The Bertz CT molecular complexity index is 1290.